The Hall–Kier alpha value is -3.41. The van der Waals surface area contributed by atoms with Crippen molar-refractivity contribution in [2.24, 2.45) is 0 Å². The molecule has 2 fully saturated rings. The highest BCUT2D eigenvalue weighted by Crippen LogP contribution is 2.34. The van der Waals surface area contributed by atoms with Crippen LogP contribution >= 0.6 is 0 Å². The first-order valence-corrected chi connectivity index (χ1v) is 11.1. The number of likely N-dealkylation sites (tertiary alicyclic amines) is 1. The van der Waals surface area contributed by atoms with Gasteiger partial charge in [0, 0.05) is 30.7 Å². The van der Waals surface area contributed by atoms with Crippen LogP contribution in [0.5, 0.6) is 0 Å². The Morgan fingerprint density at radius 1 is 1.21 bits per heavy atom. The molecule has 1 saturated carbocycles. The van der Waals surface area contributed by atoms with Crippen LogP contribution in [0.15, 0.2) is 28.8 Å². The number of nitrogens with zero attached hydrogens (tertiary/aromatic N) is 4. The molecule has 2 aliphatic rings. The summed E-state index contributed by atoms with van der Waals surface area (Å²) in [5, 5.41) is 8.89. The van der Waals surface area contributed by atoms with Crippen molar-refractivity contribution in [1.82, 2.24) is 14.8 Å². The molecule has 174 valence electrons. The first kappa shape index (κ1) is 22.8. The molecule has 0 N–H and O–H groups in total. The van der Waals surface area contributed by atoms with E-state index in [4.69, 9.17) is 14.4 Å². The van der Waals surface area contributed by atoms with Crippen molar-refractivity contribution in [1.29, 1.82) is 5.26 Å². The van der Waals surface area contributed by atoms with Gasteiger partial charge >= 0.3 is 6.09 Å². The van der Waals surface area contributed by atoms with E-state index in [-0.39, 0.29) is 41.3 Å². The average Bonchev–Trinajstić information content (AvgIpc) is 3.47. The smallest absolute Gasteiger partial charge is 0.410 e. The van der Waals surface area contributed by atoms with Crippen molar-refractivity contribution in [3.63, 3.8) is 0 Å². The van der Waals surface area contributed by atoms with Crippen LogP contribution in [0.25, 0.3) is 11.5 Å². The molecular formula is C24H27FN4O4. The van der Waals surface area contributed by atoms with Crippen LogP contribution in [-0.4, -0.2) is 57.6 Å². The van der Waals surface area contributed by atoms with E-state index in [0.717, 1.165) is 12.8 Å². The third-order valence-corrected chi connectivity index (χ3v) is 5.74. The van der Waals surface area contributed by atoms with Crippen LogP contribution in [-0.2, 0) is 4.74 Å². The highest BCUT2D eigenvalue weighted by Gasteiger charge is 2.41. The van der Waals surface area contributed by atoms with Gasteiger partial charge in [0.15, 0.2) is 0 Å². The van der Waals surface area contributed by atoms with E-state index in [0.29, 0.717) is 31.5 Å². The number of rotatable bonds is 4. The summed E-state index contributed by atoms with van der Waals surface area (Å²) >= 11 is 0. The zero-order chi connectivity index (χ0) is 23.8. The third-order valence-electron chi connectivity index (χ3n) is 5.74. The van der Waals surface area contributed by atoms with Gasteiger partial charge in [0.2, 0.25) is 11.7 Å². The van der Waals surface area contributed by atoms with E-state index in [9.17, 15) is 14.0 Å². The van der Waals surface area contributed by atoms with Gasteiger partial charge < -0.3 is 19.0 Å². The van der Waals surface area contributed by atoms with Crippen LogP contribution in [0.2, 0.25) is 0 Å². The second-order valence-electron chi connectivity index (χ2n) is 9.48. The molecule has 0 atom stereocenters. The summed E-state index contributed by atoms with van der Waals surface area (Å²) in [5.41, 5.74) is -0.264. The van der Waals surface area contributed by atoms with Gasteiger partial charge in [-0.15, -0.1) is 0 Å². The van der Waals surface area contributed by atoms with Crippen LogP contribution in [0.1, 0.15) is 62.6 Å². The number of amides is 2. The molecule has 1 aliphatic carbocycles. The summed E-state index contributed by atoms with van der Waals surface area (Å²) < 4.78 is 25.1. The number of carbonyl (C=O) groups excluding carboxylic acids is 2. The molecule has 1 aromatic carbocycles. The van der Waals surface area contributed by atoms with Gasteiger partial charge in [-0.25, -0.2) is 14.2 Å². The Kier molecular flexibility index (Phi) is 6.11. The van der Waals surface area contributed by atoms with Crippen LogP contribution in [0.3, 0.4) is 0 Å². The maximum absolute atomic E-state index is 14.0. The van der Waals surface area contributed by atoms with Crippen molar-refractivity contribution in [3.05, 3.63) is 41.5 Å². The highest BCUT2D eigenvalue weighted by atomic mass is 19.1. The number of carbonyl (C=O) groups is 2. The molecule has 2 amide bonds. The molecule has 1 aliphatic heterocycles. The fraction of sp³-hybridized carbons (Fsp3) is 0.500. The summed E-state index contributed by atoms with van der Waals surface area (Å²) in [6.45, 7) is 6.54. The number of piperidine rings is 1. The van der Waals surface area contributed by atoms with Crippen molar-refractivity contribution < 1.29 is 23.1 Å². The van der Waals surface area contributed by atoms with Crippen molar-refractivity contribution >= 4 is 12.0 Å². The molecule has 2 aromatic rings. The van der Waals surface area contributed by atoms with Gasteiger partial charge in [-0.3, -0.25) is 4.79 Å². The molecule has 1 aromatic heterocycles. The maximum atomic E-state index is 14.0. The van der Waals surface area contributed by atoms with Gasteiger partial charge in [0.05, 0.1) is 11.8 Å². The van der Waals surface area contributed by atoms with Crippen LogP contribution in [0.4, 0.5) is 9.18 Å². The monoisotopic (exact) mass is 454 g/mol. The second-order valence-corrected chi connectivity index (χ2v) is 9.48. The van der Waals surface area contributed by atoms with Gasteiger partial charge in [-0.1, -0.05) is 0 Å². The average molecular weight is 455 g/mol. The molecular weight excluding hydrogens is 427 g/mol. The summed E-state index contributed by atoms with van der Waals surface area (Å²) in [4.78, 5) is 33.3. The molecule has 0 unspecified atom stereocenters. The number of nitriles is 1. The molecule has 0 radical (unpaired) electrons. The topological polar surface area (TPSA) is 99.7 Å². The summed E-state index contributed by atoms with van der Waals surface area (Å²) in [6, 6.07) is 5.97. The molecule has 0 spiro atoms. The maximum Gasteiger partial charge on any atom is 0.410 e. The molecule has 4 rings (SSSR count). The Morgan fingerprint density at radius 2 is 1.88 bits per heavy atom. The minimum absolute atomic E-state index is 0.00964. The van der Waals surface area contributed by atoms with E-state index in [1.54, 1.807) is 11.0 Å². The van der Waals surface area contributed by atoms with Gasteiger partial charge in [-0.2, -0.15) is 5.26 Å². The molecule has 0 bridgehead atoms. The van der Waals surface area contributed by atoms with Crippen LogP contribution < -0.4 is 0 Å². The lowest BCUT2D eigenvalue weighted by molar-refractivity contribution is 0.0139. The van der Waals surface area contributed by atoms with Crippen LogP contribution in [0, 0.1) is 17.1 Å². The van der Waals surface area contributed by atoms with E-state index in [2.05, 4.69) is 4.98 Å². The minimum Gasteiger partial charge on any atom is -0.444 e. The number of halogens is 1. The van der Waals surface area contributed by atoms with Crippen molar-refractivity contribution in [2.75, 3.05) is 13.1 Å². The largest absolute Gasteiger partial charge is 0.444 e. The first-order chi connectivity index (χ1) is 15.7. The summed E-state index contributed by atoms with van der Waals surface area (Å²) in [6.07, 6.45) is 4.20. The molecule has 8 nitrogen and oxygen atoms in total. The predicted molar refractivity (Wildman–Crippen MR) is 117 cm³/mol. The number of hydrogen-bond donors (Lipinski definition) is 0. The number of hydrogen-bond acceptors (Lipinski definition) is 6. The normalized spacial score (nSPS) is 16.9. The minimum atomic E-state index is -0.669. The lowest BCUT2D eigenvalue weighted by Gasteiger charge is -2.38. The molecule has 33 heavy (non-hydrogen) atoms. The number of ether oxygens (including phenoxy) is 1. The number of oxazole rings is 1. The SMILES string of the molecule is CC(C)(C)OC(=O)N1CCC(N(C(=O)c2cnc(-c3ccc(C#N)c(F)c3)o2)C2CC2)CC1. The summed E-state index contributed by atoms with van der Waals surface area (Å²) in [7, 11) is 0. The quantitative estimate of drug-likeness (QED) is 0.681. The third kappa shape index (κ3) is 5.16. The number of benzene rings is 1. The van der Waals surface area contributed by atoms with E-state index in [1.807, 2.05) is 25.7 Å². The molecule has 9 heteroatoms. The Balaban J connectivity index is 1.45. The first-order valence-electron chi connectivity index (χ1n) is 11.1. The fourth-order valence-electron chi connectivity index (χ4n) is 4.01. The van der Waals surface area contributed by atoms with Gasteiger partial charge in [0.25, 0.3) is 5.91 Å². The van der Waals surface area contributed by atoms with Crippen molar-refractivity contribution in [3.8, 4) is 17.5 Å². The van der Waals surface area contributed by atoms with E-state index in [1.165, 1.54) is 24.4 Å². The molecule has 1 saturated heterocycles. The van der Waals surface area contributed by atoms with E-state index >= 15 is 0 Å². The Morgan fingerprint density at radius 3 is 2.45 bits per heavy atom. The van der Waals surface area contributed by atoms with Gasteiger partial charge in [0.1, 0.15) is 17.5 Å². The zero-order valence-corrected chi connectivity index (χ0v) is 19.0. The Labute approximate surface area is 191 Å². The lowest BCUT2D eigenvalue weighted by atomic mass is 10.0. The molecule has 2 heterocycles. The number of aromatic nitrogens is 1. The Bertz CT molecular complexity index is 1090. The van der Waals surface area contributed by atoms with E-state index < -0.39 is 11.4 Å². The predicted octanol–water partition coefficient (Wildman–Crippen LogP) is 4.36. The highest BCUT2D eigenvalue weighted by molar-refractivity contribution is 5.92. The van der Waals surface area contributed by atoms with Gasteiger partial charge in [-0.05, 0) is 64.7 Å². The van der Waals surface area contributed by atoms with Crippen molar-refractivity contribution in [2.45, 2.75) is 64.1 Å². The fourth-order valence-corrected chi connectivity index (χ4v) is 4.01. The summed E-state index contributed by atoms with van der Waals surface area (Å²) in [5.74, 6) is -0.702. The zero-order valence-electron chi connectivity index (χ0n) is 19.0. The second kappa shape index (κ2) is 8.85. The standard InChI is InChI=1S/C24H27FN4O4/c1-24(2,3)33-23(31)28-10-8-18(9-11-28)29(17-6-7-17)22(30)20-14-27-21(32-20)15-4-5-16(13-26)19(25)12-15/h4-5,12,14,17-18H,6-11H2,1-3H3. The lowest BCUT2D eigenvalue weighted by Crippen LogP contribution is -2.50.